The topological polar surface area (TPSA) is 57.7 Å². The minimum Gasteiger partial charge on any atom is -0.333 e. The number of hydrogen-bond donors (Lipinski definition) is 0. The first-order chi connectivity index (χ1) is 10.2. The Labute approximate surface area is 140 Å². The van der Waals surface area contributed by atoms with E-state index in [0.717, 1.165) is 17.1 Å². The van der Waals surface area contributed by atoms with Gasteiger partial charge < -0.3 is 4.90 Å². The van der Waals surface area contributed by atoms with Gasteiger partial charge in [-0.05, 0) is 60.8 Å². The first kappa shape index (κ1) is 17.4. The van der Waals surface area contributed by atoms with Crippen molar-refractivity contribution in [1.29, 1.82) is 0 Å². The van der Waals surface area contributed by atoms with Crippen LogP contribution in [0.25, 0.3) is 0 Å². The van der Waals surface area contributed by atoms with Crippen LogP contribution in [0.15, 0.2) is 27.6 Å². The fraction of sp³-hybridized carbons (Fsp3) is 0.533. The minimum atomic E-state index is -3.60. The molecule has 1 fully saturated rings. The number of carbonyl (C=O) groups is 1. The summed E-state index contributed by atoms with van der Waals surface area (Å²) in [6.07, 6.45) is 2.03. The van der Waals surface area contributed by atoms with E-state index in [0.29, 0.717) is 10.0 Å². The van der Waals surface area contributed by atoms with E-state index in [1.807, 2.05) is 18.7 Å². The quantitative estimate of drug-likeness (QED) is 0.778. The number of carbonyl (C=O) groups excluding carboxylic acids is 1. The lowest BCUT2D eigenvalue weighted by atomic mass is 10.1. The van der Waals surface area contributed by atoms with Gasteiger partial charge in [-0.1, -0.05) is 0 Å². The van der Waals surface area contributed by atoms with Crippen LogP contribution in [0, 0.1) is 0 Å². The zero-order chi connectivity index (χ0) is 16.7. The zero-order valence-electron chi connectivity index (χ0n) is 13.2. The summed E-state index contributed by atoms with van der Waals surface area (Å²) in [5, 5.41) is 0. The summed E-state index contributed by atoms with van der Waals surface area (Å²) in [6.45, 7) is 3.96. The van der Waals surface area contributed by atoms with Crippen LogP contribution in [-0.2, 0) is 10.0 Å². The maximum Gasteiger partial charge on any atom is 0.254 e. The van der Waals surface area contributed by atoms with Gasteiger partial charge in [0, 0.05) is 36.2 Å². The smallest absolute Gasteiger partial charge is 0.254 e. The van der Waals surface area contributed by atoms with E-state index in [2.05, 4.69) is 15.9 Å². The Morgan fingerprint density at radius 1 is 1.27 bits per heavy atom. The van der Waals surface area contributed by atoms with Crippen LogP contribution in [0.5, 0.6) is 0 Å². The van der Waals surface area contributed by atoms with Crippen molar-refractivity contribution in [2.24, 2.45) is 0 Å². The highest BCUT2D eigenvalue weighted by atomic mass is 79.9. The molecule has 1 aliphatic carbocycles. The molecule has 1 aliphatic rings. The fourth-order valence-electron chi connectivity index (χ4n) is 2.35. The third kappa shape index (κ3) is 3.36. The summed E-state index contributed by atoms with van der Waals surface area (Å²) in [5.74, 6) is -0.111. The van der Waals surface area contributed by atoms with Crippen molar-refractivity contribution >= 4 is 31.9 Å². The Kier molecular flexibility index (Phi) is 4.99. The van der Waals surface area contributed by atoms with Gasteiger partial charge in [-0.2, -0.15) is 0 Å². The third-order valence-corrected chi connectivity index (χ3v) is 6.48. The molecule has 0 unspecified atom stereocenters. The Bertz CT molecular complexity index is 680. The molecule has 0 spiro atoms. The van der Waals surface area contributed by atoms with Crippen LogP contribution in [0.2, 0.25) is 0 Å². The number of rotatable bonds is 5. The molecule has 122 valence electrons. The van der Waals surface area contributed by atoms with E-state index in [1.165, 1.54) is 20.2 Å². The highest BCUT2D eigenvalue weighted by Gasteiger charge is 2.35. The number of benzene rings is 1. The van der Waals surface area contributed by atoms with E-state index >= 15 is 0 Å². The number of hydrogen-bond acceptors (Lipinski definition) is 3. The second-order valence-corrected chi connectivity index (χ2v) is 8.94. The van der Waals surface area contributed by atoms with Gasteiger partial charge in [0.15, 0.2) is 0 Å². The van der Waals surface area contributed by atoms with Crippen molar-refractivity contribution < 1.29 is 13.2 Å². The monoisotopic (exact) mass is 388 g/mol. The number of sulfonamides is 1. The Hall–Kier alpha value is -0.920. The van der Waals surface area contributed by atoms with Crippen molar-refractivity contribution in [2.75, 3.05) is 14.1 Å². The molecule has 1 saturated carbocycles. The average Bonchev–Trinajstić information content (AvgIpc) is 3.23. The number of nitrogens with zero attached hydrogens (tertiary/aromatic N) is 2. The Morgan fingerprint density at radius 2 is 1.86 bits per heavy atom. The summed E-state index contributed by atoms with van der Waals surface area (Å²) in [6, 6.07) is 5.12. The lowest BCUT2D eigenvalue weighted by Gasteiger charge is -2.27. The molecular weight excluding hydrogens is 368 g/mol. The van der Waals surface area contributed by atoms with Crippen LogP contribution >= 0.6 is 15.9 Å². The van der Waals surface area contributed by atoms with Crippen molar-refractivity contribution in [3.63, 3.8) is 0 Å². The molecule has 1 aromatic rings. The van der Waals surface area contributed by atoms with Crippen molar-refractivity contribution in [1.82, 2.24) is 9.21 Å². The summed E-state index contributed by atoms with van der Waals surface area (Å²) >= 11 is 3.26. The average molecular weight is 389 g/mol. The normalized spacial score (nSPS) is 15.4. The Morgan fingerprint density at radius 3 is 2.32 bits per heavy atom. The van der Waals surface area contributed by atoms with Gasteiger partial charge in [-0.15, -0.1) is 0 Å². The number of halogens is 1. The van der Waals surface area contributed by atoms with Gasteiger partial charge in [0.25, 0.3) is 5.91 Å². The van der Waals surface area contributed by atoms with Crippen LogP contribution in [0.1, 0.15) is 37.0 Å². The number of amides is 1. The molecule has 0 aliphatic heterocycles. The van der Waals surface area contributed by atoms with Crippen LogP contribution in [-0.4, -0.2) is 49.7 Å². The molecule has 1 amide bonds. The summed E-state index contributed by atoms with van der Waals surface area (Å²) < 4.78 is 26.3. The minimum absolute atomic E-state index is 0.0950. The molecule has 0 bridgehead atoms. The zero-order valence-corrected chi connectivity index (χ0v) is 15.6. The first-order valence-electron chi connectivity index (χ1n) is 7.21. The first-order valence-corrected chi connectivity index (χ1v) is 9.44. The van der Waals surface area contributed by atoms with E-state index < -0.39 is 10.0 Å². The highest BCUT2D eigenvalue weighted by molar-refractivity contribution is 9.10. The van der Waals surface area contributed by atoms with E-state index in [4.69, 9.17) is 0 Å². The molecule has 2 rings (SSSR count). The fourth-order valence-corrected chi connectivity index (χ4v) is 4.20. The van der Waals surface area contributed by atoms with Gasteiger partial charge >= 0.3 is 0 Å². The highest BCUT2D eigenvalue weighted by Crippen LogP contribution is 2.31. The summed E-state index contributed by atoms with van der Waals surface area (Å²) in [5.41, 5.74) is 0.407. The SMILES string of the molecule is CC(C)N(C(=O)c1ccc(Br)c(S(=O)(=O)N(C)C)c1)C1CC1. The molecule has 5 nitrogen and oxygen atoms in total. The van der Waals surface area contributed by atoms with Crippen molar-refractivity contribution in [3.8, 4) is 0 Å². The predicted octanol–water partition coefficient (Wildman–Crippen LogP) is 2.71. The van der Waals surface area contributed by atoms with Crippen LogP contribution in [0.3, 0.4) is 0 Å². The van der Waals surface area contributed by atoms with Crippen LogP contribution < -0.4 is 0 Å². The molecule has 0 aromatic heterocycles. The van der Waals surface area contributed by atoms with Gasteiger partial charge in [0.2, 0.25) is 10.0 Å². The molecule has 0 atom stereocenters. The van der Waals surface area contributed by atoms with Gasteiger partial charge in [-0.3, -0.25) is 4.79 Å². The second-order valence-electron chi connectivity index (χ2n) is 5.97. The van der Waals surface area contributed by atoms with Gasteiger partial charge in [0.05, 0.1) is 4.90 Å². The van der Waals surface area contributed by atoms with E-state index in [1.54, 1.807) is 12.1 Å². The molecule has 0 N–H and O–H groups in total. The van der Waals surface area contributed by atoms with Gasteiger partial charge in [0.1, 0.15) is 0 Å². The molecule has 0 heterocycles. The summed E-state index contributed by atoms with van der Waals surface area (Å²) in [7, 11) is -0.652. The molecule has 0 radical (unpaired) electrons. The lowest BCUT2D eigenvalue weighted by molar-refractivity contribution is 0.0690. The standard InChI is InChI=1S/C15H21BrN2O3S/c1-10(2)18(12-6-7-12)15(19)11-5-8-13(16)14(9-11)22(20,21)17(3)4/h5,8-10,12H,6-7H2,1-4H3. The van der Waals surface area contributed by atoms with E-state index in [-0.39, 0.29) is 22.9 Å². The van der Waals surface area contributed by atoms with E-state index in [9.17, 15) is 13.2 Å². The summed E-state index contributed by atoms with van der Waals surface area (Å²) in [4.78, 5) is 14.7. The predicted molar refractivity (Wildman–Crippen MR) is 89.3 cm³/mol. The maximum absolute atomic E-state index is 12.7. The largest absolute Gasteiger partial charge is 0.333 e. The molecule has 22 heavy (non-hydrogen) atoms. The molecular formula is C15H21BrN2O3S. The third-order valence-electron chi connectivity index (χ3n) is 3.67. The lowest BCUT2D eigenvalue weighted by Crippen LogP contribution is -2.38. The molecule has 0 saturated heterocycles. The maximum atomic E-state index is 12.7. The van der Waals surface area contributed by atoms with Crippen molar-refractivity contribution in [2.45, 2.75) is 43.7 Å². The Balaban J connectivity index is 2.43. The second kappa shape index (κ2) is 6.29. The molecule has 7 heteroatoms. The molecule has 1 aromatic carbocycles. The van der Waals surface area contributed by atoms with Gasteiger partial charge in [-0.25, -0.2) is 12.7 Å². The van der Waals surface area contributed by atoms with Crippen LogP contribution in [0.4, 0.5) is 0 Å². The van der Waals surface area contributed by atoms with Crippen molar-refractivity contribution in [3.05, 3.63) is 28.2 Å².